The van der Waals surface area contributed by atoms with Crippen LogP contribution in [0.15, 0.2) is 48.7 Å². The highest BCUT2D eigenvalue weighted by molar-refractivity contribution is 5.38. The van der Waals surface area contributed by atoms with E-state index in [2.05, 4.69) is 52.3 Å². The van der Waals surface area contributed by atoms with E-state index in [1.165, 1.54) is 30.5 Å². The number of benzene rings is 1. The Balaban J connectivity index is 1.74. The molecule has 1 atom stereocenters. The third-order valence-corrected chi connectivity index (χ3v) is 4.21. The van der Waals surface area contributed by atoms with Crippen LogP contribution in [0.3, 0.4) is 0 Å². The van der Waals surface area contributed by atoms with Crippen molar-refractivity contribution in [2.24, 2.45) is 0 Å². The Kier molecular flexibility index (Phi) is 4.20. The Morgan fingerprint density at radius 1 is 1.14 bits per heavy atom. The minimum Gasteiger partial charge on any atom is -0.363 e. The molecule has 2 heterocycles. The molecule has 3 rings (SSSR count). The molecule has 110 valence electrons. The lowest BCUT2D eigenvalue weighted by Gasteiger charge is -2.25. The molecular weight excluding hydrogens is 258 g/mol. The summed E-state index contributed by atoms with van der Waals surface area (Å²) in [5.41, 5.74) is 2.73. The first kappa shape index (κ1) is 14.1. The Morgan fingerprint density at radius 3 is 2.62 bits per heavy atom. The summed E-state index contributed by atoms with van der Waals surface area (Å²) >= 11 is 0. The molecule has 1 fully saturated rings. The van der Waals surface area contributed by atoms with Crippen LogP contribution >= 0.6 is 0 Å². The Bertz CT molecular complexity index is 563. The molecule has 1 aliphatic rings. The molecule has 0 bridgehead atoms. The summed E-state index contributed by atoms with van der Waals surface area (Å²) < 4.78 is 0. The van der Waals surface area contributed by atoms with E-state index >= 15 is 0 Å². The SMILES string of the molecule is CN(C)c1ccc(C2CCCN2Cc2ccccc2)cn1. The second kappa shape index (κ2) is 6.27. The van der Waals surface area contributed by atoms with Crippen LogP contribution in [-0.4, -0.2) is 30.5 Å². The van der Waals surface area contributed by atoms with E-state index in [1.54, 1.807) is 0 Å². The molecule has 21 heavy (non-hydrogen) atoms. The molecule has 0 saturated carbocycles. The standard InChI is InChI=1S/C18H23N3/c1-20(2)18-11-10-16(13-19-18)17-9-6-12-21(17)14-15-7-4-3-5-8-15/h3-5,7-8,10-11,13,17H,6,9,12,14H2,1-2H3. The molecule has 1 aromatic heterocycles. The zero-order valence-corrected chi connectivity index (χ0v) is 12.9. The quantitative estimate of drug-likeness (QED) is 0.855. The number of aromatic nitrogens is 1. The second-order valence-corrected chi connectivity index (χ2v) is 5.96. The van der Waals surface area contributed by atoms with Crippen molar-refractivity contribution < 1.29 is 0 Å². The van der Waals surface area contributed by atoms with E-state index in [9.17, 15) is 0 Å². The van der Waals surface area contributed by atoms with Gasteiger partial charge in [0.05, 0.1) is 0 Å². The topological polar surface area (TPSA) is 19.4 Å². The van der Waals surface area contributed by atoms with Gasteiger partial charge in [0, 0.05) is 32.9 Å². The third kappa shape index (κ3) is 3.24. The number of hydrogen-bond acceptors (Lipinski definition) is 3. The second-order valence-electron chi connectivity index (χ2n) is 5.96. The van der Waals surface area contributed by atoms with Gasteiger partial charge in [0.25, 0.3) is 0 Å². The molecular formula is C18H23N3. The maximum Gasteiger partial charge on any atom is 0.127 e. The fourth-order valence-corrected chi connectivity index (χ4v) is 3.07. The predicted molar refractivity (Wildman–Crippen MR) is 87.4 cm³/mol. The largest absolute Gasteiger partial charge is 0.363 e. The van der Waals surface area contributed by atoms with Crippen molar-refractivity contribution in [3.63, 3.8) is 0 Å². The summed E-state index contributed by atoms with van der Waals surface area (Å²) in [6, 6.07) is 15.6. The minimum atomic E-state index is 0.508. The average molecular weight is 281 g/mol. The predicted octanol–water partition coefficient (Wildman–Crippen LogP) is 3.48. The highest BCUT2D eigenvalue weighted by Gasteiger charge is 2.26. The smallest absolute Gasteiger partial charge is 0.127 e. The average Bonchev–Trinajstić information content (AvgIpc) is 2.96. The molecule has 0 radical (unpaired) electrons. The van der Waals surface area contributed by atoms with E-state index in [-0.39, 0.29) is 0 Å². The summed E-state index contributed by atoms with van der Waals surface area (Å²) in [4.78, 5) is 9.18. The first-order valence-electron chi connectivity index (χ1n) is 7.65. The van der Waals surface area contributed by atoms with Crippen LogP contribution in [0.1, 0.15) is 30.0 Å². The normalized spacial score (nSPS) is 18.9. The van der Waals surface area contributed by atoms with E-state index in [4.69, 9.17) is 0 Å². The summed E-state index contributed by atoms with van der Waals surface area (Å²) in [7, 11) is 4.05. The van der Waals surface area contributed by atoms with E-state index in [1.807, 2.05) is 25.2 Å². The lowest BCUT2D eigenvalue weighted by molar-refractivity contribution is 0.248. The van der Waals surface area contributed by atoms with Crippen LogP contribution in [0.5, 0.6) is 0 Å². The van der Waals surface area contributed by atoms with Crippen LogP contribution in [0.2, 0.25) is 0 Å². The van der Waals surface area contributed by atoms with Gasteiger partial charge in [-0.05, 0) is 36.6 Å². The number of rotatable bonds is 4. The molecule has 1 saturated heterocycles. The van der Waals surface area contributed by atoms with Gasteiger partial charge in [0.1, 0.15) is 5.82 Å². The molecule has 3 heteroatoms. The lowest BCUT2D eigenvalue weighted by atomic mass is 10.1. The van der Waals surface area contributed by atoms with E-state index in [0.29, 0.717) is 6.04 Å². The zero-order chi connectivity index (χ0) is 14.7. The monoisotopic (exact) mass is 281 g/mol. The maximum absolute atomic E-state index is 4.56. The highest BCUT2D eigenvalue weighted by atomic mass is 15.2. The van der Waals surface area contributed by atoms with E-state index < -0.39 is 0 Å². The minimum absolute atomic E-state index is 0.508. The number of pyridine rings is 1. The number of hydrogen-bond donors (Lipinski definition) is 0. The number of likely N-dealkylation sites (tertiary alicyclic amines) is 1. The Hall–Kier alpha value is -1.87. The fraction of sp³-hybridized carbons (Fsp3) is 0.389. The van der Waals surface area contributed by atoms with E-state index in [0.717, 1.165) is 12.4 Å². The summed E-state index contributed by atoms with van der Waals surface area (Å²) in [5, 5.41) is 0. The Labute approximate surface area is 127 Å². The molecule has 3 nitrogen and oxygen atoms in total. The van der Waals surface area contributed by atoms with Crippen LogP contribution in [0.25, 0.3) is 0 Å². The van der Waals surface area contributed by atoms with Crippen molar-refractivity contribution in [2.45, 2.75) is 25.4 Å². The third-order valence-electron chi connectivity index (χ3n) is 4.21. The van der Waals surface area contributed by atoms with Crippen LogP contribution < -0.4 is 4.90 Å². The van der Waals surface area contributed by atoms with Crippen molar-refractivity contribution in [1.82, 2.24) is 9.88 Å². The first-order valence-corrected chi connectivity index (χ1v) is 7.65. The van der Waals surface area contributed by atoms with Gasteiger partial charge in [-0.2, -0.15) is 0 Å². The summed E-state index contributed by atoms with van der Waals surface area (Å²) in [6.45, 7) is 2.20. The maximum atomic E-state index is 4.56. The van der Waals surface area contributed by atoms with Crippen LogP contribution in [0.4, 0.5) is 5.82 Å². The molecule has 0 amide bonds. The Morgan fingerprint density at radius 2 is 1.95 bits per heavy atom. The molecule has 0 aliphatic carbocycles. The van der Waals surface area contributed by atoms with Gasteiger partial charge in [-0.25, -0.2) is 4.98 Å². The van der Waals surface area contributed by atoms with Crippen molar-refractivity contribution in [3.05, 3.63) is 59.8 Å². The number of anilines is 1. The van der Waals surface area contributed by atoms with Crippen molar-refractivity contribution >= 4 is 5.82 Å². The van der Waals surface area contributed by atoms with Gasteiger partial charge in [0.2, 0.25) is 0 Å². The van der Waals surface area contributed by atoms with Gasteiger partial charge in [0.15, 0.2) is 0 Å². The zero-order valence-electron chi connectivity index (χ0n) is 12.9. The van der Waals surface area contributed by atoms with Crippen molar-refractivity contribution in [1.29, 1.82) is 0 Å². The fourth-order valence-electron chi connectivity index (χ4n) is 3.07. The molecule has 0 N–H and O–H groups in total. The van der Waals surface area contributed by atoms with Crippen LogP contribution in [0, 0.1) is 0 Å². The molecule has 0 spiro atoms. The van der Waals surface area contributed by atoms with Gasteiger partial charge in [-0.3, -0.25) is 4.90 Å². The van der Waals surface area contributed by atoms with Gasteiger partial charge in [-0.1, -0.05) is 36.4 Å². The van der Waals surface area contributed by atoms with Gasteiger partial charge >= 0.3 is 0 Å². The summed E-state index contributed by atoms with van der Waals surface area (Å²) in [6.07, 6.45) is 4.55. The van der Waals surface area contributed by atoms with Crippen LogP contribution in [-0.2, 0) is 6.54 Å². The molecule has 1 aromatic carbocycles. The molecule has 1 aliphatic heterocycles. The van der Waals surface area contributed by atoms with Gasteiger partial charge in [-0.15, -0.1) is 0 Å². The lowest BCUT2D eigenvalue weighted by Crippen LogP contribution is -2.23. The van der Waals surface area contributed by atoms with Gasteiger partial charge < -0.3 is 4.90 Å². The molecule has 1 unspecified atom stereocenters. The molecule has 2 aromatic rings. The highest BCUT2D eigenvalue weighted by Crippen LogP contribution is 2.33. The number of nitrogens with zero attached hydrogens (tertiary/aromatic N) is 3. The summed E-state index contributed by atoms with van der Waals surface area (Å²) in [5.74, 6) is 1.02. The first-order chi connectivity index (χ1) is 10.2. The van der Waals surface area contributed by atoms with Crippen molar-refractivity contribution in [2.75, 3.05) is 25.5 Å². The van der Waals surface area contributed by atoms with Crippen molar-refractivity contribution in [3.8, 4) is 0 Å².